The van der Waals surface area contributed by atoms with Gasteiger partial charge in [-0.2, -0.15) is 0 Å². The molecule has 73 heavy (non-hydrogen) atoms. The van der Waals surface area contributed by atoms with Crippen LogP contribution in [0.1, 0.15) is 180 Å². The first-order valence-electron chi connectivity index (χ1n) is 26.8. The molecule has 0 saturated carbocycles. The van der Waals surface area contributed by atoms with Gasteiger partial charge in [-0.3, -0.25) is 4.57 Å². The van der Waals surface area contributed by atoms with Crippen molar-refractivity contribution in [2.45, 2.75) is 157 Å². The molecule has 2 aromatic heterocycles. The third-order valence-electron chi connectivity index (χ3n) is 15.4. The van der Waals surface area contributed by atoms with Crippen molar-refractivity contribution in [3.63, 3.8) is 0 Å². The molecule has 3 heterocycles. The number of anilines is 2. The second-order valence-corrected chi connectivity index (χ2v) is 25.4. The van der Waals surface area contributed by atoms with Crippen molar-refractivity contribution in [2.24, 2.45) is 0 Å². The van der Waals surface area contributed by atoms with Crippen LogP contribution in [0, 0.1) is 0 Å². The molecule has 9 rings (SSSR count). The van der Waals surface area contributed by atoms with Crippen molar-refractivity contribution >= 4 is 33.2 Å². The van der Waals surface area contributed by atoms with Crippen molar-refractivity contribution in [1.29, 1.82) is 0 Å². The van der Waals surface area contributed by atoms with E-state index in [-0.39, 0.29) is 21.7 Å². The molecule has 1 aliphatic rings. The molecule has 1 aliphatic heterocycles. The second kappa shape index (κ2) is 19.0. The Morgan fingerprint density at radius 1 is 0.466 bits per heavy atom. The molecular formula is C68H80N4O. The molecule has 5 nitrogen and oxygen atoms in total. The number of benzene rings is 6. The third-order valence-corrected chi connectivity index (χ3v) is 15.4. The zero-order chi connectivity index (χ0) is 52.5. The van der Waals surface area contributed by atoms with Gasteiger partial charge in [0.15, 0.2) is 0 Å². The molecule has 0 fully saturated rings. The summed E-state index contributed by atoms with van der Waals surface area (Å²) in [6.07, 6.45) is 6.42. The van der Waals surface area contributed by atoms with E-state index in [9.17, 15) is 0 Å². The van der Waals surface area contributed by atoms with Crippen LogP contribution in [0.4, 0.5) is 11.4 Å². The summed E-state index contributed by atoms with van der Waals surface area (Å²) in [5.74, 6) is 3.61. The lowest BCUT2D eigenvalue weighted by molar-refractivity contribution is 0.479. The molecule has 5 heteroatoms. The highest BCUT2D eigenvalue weighted by Gasteiger charge is 2.28. The molecule has 0 saturated heterocycles. The number of ether oxygens (including phenoxy) is 1. The zero-order valence-electron chi connectivity index (χ0n) is 47.0. The Balaban J connectivity index is 1.16. The van der Waals surface area contributed by atoms with E-state index >= 15 is 0 Å². The van der Waals surface area contributed by atoms with Crippen LogP contribution < -0.4 is 14.5 Å². The topological polar surface area (TPSA) is 33.5 Å². The summed E-state index contributed by atoms with van der Waals surface area (Å²) in [5, 5.41) is 2.34. The molecule has 6 aromatic carbocycles. The van der Waals surface area contributed by atoms with Crippen LogP contribution in [0.3, 0.4) is 0 Å². The fourth-order valence-corrected chi connectivity index (χ4v) is 10.5. The van der Waals surface area contributed by atoms with Crippen molar-refractivity contribution in [3.05, 3.63) is 190 Å². The summed E-state index contributed by atoms with van der Waals surface area (Å²) in [5.41, 5.74) is 17.3. The maximum Gasteiger partial charge on any atom is 0.138 e. The summed E-state index contributed by atoms with van der Waals surface area (Å²) in [7, 11) is 0. The number of pyridine rings is 1. The molecule has 378 valence electrons. The predicted octanol–water partition coefficient (Wildman–Crippen LogP) is 19.0. The average Bonchev–Trinajstić information content (AvgIpc) is 3.96. The summed E-state index contributed by atoms with van der Waals surface area (Å²) in [6.45, 7) is 39.9. The van der Waals surface area contributed by atoms with Crippen LogP contribution in [0.2, 0.25) is 0 Å². The normalized spacial score (nSPS) is 13.8. The first kappa shape index (κ1) is 51.3. The molecule has 0 unspecified atom stereocenters. The van der Waals surface area contributed by atoms with E-state index in [1.165, 1.54) is 66.7 Å². The van der Waals surface area contributed by atoms with Crippen LogP contribution in [-0.2, 0) is 21.7 Å². The quantitative estimate of drug-likeness (QED) is 0.129. The van der Waals surface area contributed by atoms with Gasteiger partial charge in [0.25, 0.3) is 0 Å². The predicted molar refractivity (Wildman–Crippen MR) is 313 cm³/mol. The lowest BCUT2D eigenvalue weighted by Gasteiger charge is -2.29. The molecule has 0 spiro atoms. The highest BCUT2D eigenvalue weighted by Crippen LogP contribution is 2.44. The lowest BCUT2D eigenvalue weighted by atomic mass is 9.78. The van der Waals surface area contributed by atoms with E-state index in [1.807, 2.05) is 6.20 Å². The standard InChI is InChI=1S/C68H80N4O/c1-43(2)47-31-58(44(3)4)64(59(32-47)45(5)6)46-27-28-69-63(33-46)72-61-26-23-49(68(16,17)48-21-19-18-20-22-48)39-60(61)57-25-24-55(41-62(57)72)73-56-38-52(67(13,14)15)37-54(40-56)71-30-29-70(42-71)53-35-50(65(7,8)9)34-51(36-53)66(10,11)12/h18-41,43-45H,42H2,1-17H3. The number of fused-ring (bicyclic) bond motifs is 3. The minimum atomic E-state index is -0.211. The Morgan fingerprint density at radius 3 is 1.60 bits per heavy atom. The van der Waals surface area contributed by atoms with Crippen molar-refractivity contribution in [1.82, 2.24) is 9.55 Å². The van der Waals surface area contributed by atoms with Crippen LogP contribution in [-0.4, -0.2) is 16.2 Å². The van der Waals surface area contributed by atoms with E-state index in [0.717, 1.165) is 39.4 Å². The van der Waals surface area contributed by atoms with E-state index in [4.69, 9.17) is 9.72 Å². The monoisotopic (exact) mass is 969 g/mol. The number of nitrogens with zero attached hydrogens (tertiary/aromatic N) is 4. The Hall–Kier alpha value is -6.59. The van der Waals surface area contributed by atoms with E-state index in [2.05, 4.69) is 272 Å². The Bertz CT molecular complexity index is 3300. The highest BCUT2D eigenvalue weighted by atomic mass is 16.5. The summed E-state index contributed by atoms with van der Waals surface area (Å²) < 4.78 is 9.43. The van der Waals surface area contributed by atoms with Crippen LogP contribution in [0.5, 0.6) is 11.5 Å². The van der Waals surface area contributed by atoms with Crippen molar-refractivity contribution in [3.8, 4) is 28.4 Å². The Morgan fingerprint density at radius 2 is 1.04 bits per heavy atom. The average molecular weight is 969 g/mol. The van der Waals surface area contributed by atoms with E-state index in [1.54, 1.807) is 0 Å². The summed E-state index contributed by atoms with van der Waals surface area (Å²) >= 11 is 0. The number of aromatic nitrogens is 2. The maximum absolute atomic E-state index is 7.07. The van der Waals surface area contributed by atoms with Gasteiger partial charge in [0.05, 0.1) is 17.7 Å². The molecular weight excluding hydrogens is 889 g/mol. The third kappa shape index (κ3) is 10.2. The van der Waals surface area contributed by atoms with E-state index < -0.39 is 0 Å². The number of rotatable bonds is 11. The first-order chi connectivity index (χ1) is 34.3. The zero-order valence-corrected chi connectivity index (χ0v) is 47.0. The molecule has 0 bridgehead atoms. The summed E-state index contributed by atoms with van der Waals surface area (Å²) in [6, 6.07) is 47.7. The van der Waals surface area contributed by atoms with Crippen molar-refractivity contribution in [2.75, 3.05) is 16.5 Å². The largest absolute Gasteiger partial charge is 0.457 e. The van der Waals surface area contributed by atoms with Gasteiger partial charge in [0.1, 0.15) is 17.3 Å². The van der Waals surface area contributed by atoms with Gasteiger partial charge in [0.2, 0.25) is 0 Å². The lowest BCUT2D eigenvalue weighted by Crippen LogP contribution is -2.26. The van der Waals surface area contributed by atoms with Crippen LogP contribution in [0.15, 0.2) is 146 Å². The van der Waals surface area contributed by atoms with Gasteiger partial charge in [-0.25, -0.2) is 4.98 Å². The molecule has 0 atom stereocenters. The molecule has 8 aromatic rings. The van der Waals surface area contributed by atoms with Gasteiger partial charge >= 0.3 is 0 Å². The van der Waals surface area contributed by atoms with Gasteiger partial charge < -0.3 is 14.5 Å². The maximum atomic E-state index is 7.07. The second-order valence-electron chi connectivity index (χ2n) is 25.4. The SMILES string of the molecule is CC(C)c1cc(C(C)C)c(-c2ccnc(-n3c4ccc(C(C)(C)c5ccccc5)cc4c4ccc(Oc5cc(N6C=CN(c7cc(C(C)(C)C)cc(C(C)(C)C)c7)C6)cc(C(C)(C)C)c5)cc43)c2)c(C(C)C)c1. The highest BCUT2D eigenvalue weighted by molar-refractivity contribution is 6.10. The van der Waals surface area contributed by atoms with Crippen molar-refractivity contribution < 1.29 is 4.74 Å². The first-order valence-corrected chi connectivity index (χ1v) is 26.8. The molecule has 0 amide bonds. The van der Waals surface area contributed by atoms with Crippen LogP contribution in [0.25, 0.3) is 38.8 Å². The number of hydrogen-bond acceptors (Lipinski definition) is 4. The minimum absolute atomic E-state index is 0.0295. The van der Waals surface area contributed by atoms with Gasteiger partial charge in [-0.05, 0) is 150 Å². The molecule has 0 aliphatic carbocycles. The number of hydrogen-bond donors (Lipinski definition) is 0. The Kier molecular flexibility index (Phi) is 13.4. The molecule has 0 radical (unpaired) electrons. The smallest absolute Gasteiger partial charge is 0.138 e. The van der Waals surface area contributed by atoms with Gasteiger partial charge in [0, 0.05) is 58.3 Å². The van der Waals surface area contributed by atoms with Crippen LogP contribution >= 0.6 is 0 Å². The summed E-state index contributed by atoms with van der Waals surface area (Å²) in [4.78, 5) is 9.90. The fourth-order valence-electron chi connectivity index (χ4n) is 10.5. The fraction of sp³-hybridized carbons (Fsp3) is 0.368. The Labute approximate surface area is 438 Å². The van der Waals surface area contributed by atoms with Gasteiger partial charge in [-0.15, -0.1) is 0 Å². The van der Waals surface area contributed by atoms with Gasteiger partial charge in [-0.1, -0.05) is 172 Å². The van der Waals surface area contributed by atoms with E-state index in [0.29, 0.717) is 24.4 Å². The molecule has 0 N–H and O–H groups in total. The minimum Gasteiger partial charge on any atom is -0.457 e.